The first kappa shape index (κ1) is 13.4. The standard InChI is InChI=1S/C10H8BrFN2O2S2/c1-6-4-7(12)2-3-8(6)18(15,16)14-10-13-5-9(11)17-10/h2-5H,1H3,(H,13,14). The second-order valence-electron chi connectivity index (χ2n) is 3.48. The second kappa shape index (κ2) is 4.94. The molecule has 0 aliphatic rings. The van der Waals surface area contributed by atoms with Crippen molar-refractivity contribution in [3.8, 4) is 0 Å². The van der Waals surface area contributed by atoms with Crippen LogP contribution in [0.2, 0.25) is 0 Å². The Kier molecular flexibility index (Phi) is 3.69. The molecule has 96 valence electrons. The van der Waals surface area contributed by atoms with Crippen LogP contribution in [0.25, 0.3) is 0 Å². The smallest absolute Gasteiger partial charge is 0.255 e. The van der Waals surface area contributed by atoms with Crippen LogP contribution in [0, 0.1) is 12.7 Å². The molecule has 0 aliphatic carbocycles. The van der Waals surface area contributed by atoms with Crippen LogP contribution in [0.4, 0.5) is 9.52 Å². The van der Waals surface area contributed by atoms with E-state index in [2.05, 4.69) is 25.6 Å². The van der Waals surface area contributed by atoms with Gasteiger partial charge in [-0.3, -0.25) is 4.72 Å². The first-order chi connectivity index (χ1) is 8.38. The Hall–Kier alpha value is -0.990. The van der Waals surface area contributed by atoms with E-state index in [-0.39, 0.29) is 10.0 Å². The van der Waals surface area contributed by atoms with E-state index >= 15 is 0 Å². The van der Waals surface area contributed by atoms with Gasteiger partial charge in [-0.05, 0) is 46.6 Å². The highest BCUT2D eigenvalue weighted by Crippen LogP contribution is 2.26. The molecule has 0 saturated carbocycles. The number of sulfonamides is 1. The third kappa shape index (κ3) is 2.88. The van der Waals surface area contributed by atoms with Crippen molar-refractivity contribution in [3.63, 3.8) is 0 Å². The highest BCUT2D eigenvalue weighted by Gasteiger charge is 2.18. The third-order valence-corrected chi connectivity index (χ3v) is 5.15. The fourth-order valence-corrected chi connectivity index (χ4v) is 3.96. The van der Waals surface area contributed by atoms with E-state index in [1.165, 1.54) is 25.3 Å². The van der Waals surface area contributed by atoms with Crippen molar-refractivity contribution in [1.82, 2.24) is 4.98 Å². The molecule has 1 N–H and O–H groups in total. The number of aromatic nitrogens is 1. The van der Waals surface area contributed by atoms with Crippen molar-refractivity contribution in [2.45, 2.75) is 11.8 Å². The minimum Gasteiger partial charge on any atom is -0.255 e. The minimum absolute atomic E-state index is 0.0372. The monoisotopic (exact) mass is 350 g/mol. The summed E-state index contributed by atoms with van der Waals surface area (Å²) in [5, 5.41) is 0.255. The topological polar surface area (TPSA) is 59.1 Å². The molecule has 4 nitrogen and oxygen atoms in total. The zero-order valence-electron chi connectivity index (χ0n) is 9.15. The zero-order chi connectivity index (χ0) is 13.3. The summed E-state index contributed by atoms with van der Waals surface area (Å²) in [5.74, 6) is -0.469. The molecule has 0 bridgehead atoms. The summed E-state index contributed by atoms with van der Waals surface area (Å²) < 4.78 is 40.1. The van der Waals surface area contributed by atoms with Crippen molar-refractivity contribution < 1.29 is 12.8 Å². The molecule has 0 radical (unpaired) electrons. The lowest BCUT2D eigenvalue weighted by molar-refractivity contribution is 0.598. The van der Waals surface area contributed by atoms with Gasteiger partial charge < -0.3 is 0 Å². The molecule has 0 fully saturated rings. The minimum atomic E-state index is -3.74. The molecule has 1 aromatic carbocycles. The van der Waals surface area contributed by atoms with E-state index < -0.39 is 15.8 Å². The Labute approximate surface area is 116 Å². The summed E-state index contributed by atoms with van der Waals surface area (Å²) in [5.41, 5.74) is 0.345. The maximum absolute atomic E-state index is 12.9. The van der Waals surface area contributed by atoms with Gasteiger partial charge in [0, 0.05) is 0 Å². The van der Waals surface area contributed by atoms with Gasteiger partial charge in [0.2, 0.25) is 0 Å². The molecule has 18 heavy (non-hydrogen) atoms. The Morgan fingerprint density at radius 1 is 1.44 bits per heavy atom. The second-order valence-corrected chi connectivity index (χ2v) is 7.55. The Morgan fingerprint density at radius 2 is 2.17 bits per heavy atom. The van der Waals surface area contributed by atoms with Crippen LogP contribution in [0.1, 0.15) is 5.56 Å². The average Bonchev–Trinajstić information content (AvgIpc) is 2.62. The molecule has 2 aromatic rings. The van der Waals surface area contributed by atoms with Crippen LogP contribution in [0.15, 0.2) is 33.1 Å². The van der Waals surface area contributed by atoms with Gasteiger partial charge in [0.05, 0.1) is 14.9 Å². The predicted molar refractivity (Wildman–Crippen MR) is 71.8 cm³/mol. The molecule has 0 saturated heterocycles. The van der Waals surface area contributed by atoms with Crippen molar-refractivity contribution in [2.24, 2.45) is 0 Å². The number of thiazole rings is 1. The number of hydrogen-bond donors (Lipinski definition) is 1. The van der Waals surface area contributed by atoms with Crippen molar-refractivity contribution in [2.75, 3.05) is 4.72 Å². The van der Waals surface area contributed by atoms with Crippen molar-refractivity contribution >= 4 is 42.4 Å². The Balaban J connectivity index is 2.36. The zero-order valence-corrected chi connectivity index (χ0v) is 12.4. The molecule has 0 unspecified atom stereocenters. The summed E-state index contributed by atoms with van der Waals surface area (Å²) in [6.07, 6.45) is 1.50. The van der Waals surface area contributed by atoms with Crippen molar-refractivity contribution in [1.29, 1.82) is 0 Å². The summed E-state index contributed by atoms with van der Waals surface area (Å²) in [4.78, 5) is 3.92. The largest absolute Gasteiger partial charge is 0.263 e. The first-order valence-electron chi connectivity index (χ1n) is 4.79. The van der Waals surface area contributed by atoms with E-state index in [0.29, 0.717) is 5.56 Å². The number of nitrogens with one attached hydrogen (secondary N) is 1. The van der Waals surface area contributed by atoms with Crippen molar-refractivity contribution in [3.05, 3.63) is 39.6 Å². The SMILES string of the molecule is Cc1cc(F)ccc1S(=O)(=O)Nc1ncc(Br)s1. The molecular formula is C10H8BrFN2O2S2. The lowest BCUT2D eigenvalue weighted by Gasteiger charge is -2.07. The van der Waals surface area contributed by atoms with E-state index in [1.54, 1.807) is 0 Å². The predicted octanol–water partition coefficient (Wildman–Crippen LogP) is 3.15. The molecule has 0 spiro atoms. The highest BCUT2D eigenvalue weighted by atomic mass is 79.9. The summed E-state index contributed by atoms with van der Waals surface area (Å²) in [7, 11) is -3.74. The van der Waals surface area contributed by atoms with Gasteiger partial charge in [0.1, 0.15) is 5.82 Å². The fourth-order valence-electron chi connectivity index (χ4n) is 1.39. The molecule has 1 aromatic heterocycles. The van der Waals surface area contributed by atoms with Gasteiger partial charge in [-0.1, -0.05) is 11.3 Å². The third-order valence-electron chi connectivity index (χ3n) is 2.13. The first-order valence-corrected chi connectivity index (χ1v) is 7.88. The maximum Gasteiger partial charge on any atom is 0.263 e. The summed E-state index contributed by atoms with van der Waals surface area (Å²) in [6, 6.07) is 3.52. The van der Waals surface area contributed by atoms with E-state index in [0.717, 1.165) is 21.2 Å². The van der Waals surface area contributed by atoms with Gasteiger partial charge in [-0.2, -0.15) is 0 Å². The van der Waals surface area contributed by atoms with Gasteiger partial charge in [-0.25, -0.2) is 17.8 Å². The number of benzene rings is 1. The average molecular weight is 351 g/mol. The van der Waals surface area contributed by atoms with Gasteiger partial charge in [0.25, 0.3) is 10.0 Å². The lowest BCUT2D eigenvalue weighted by atomic mass is 10.2. The highest BCUT2D eigenvalue weighted by molar-refractivity contribution is 9.11. The molecular weight excluding hydrogens is 343 g/mol. The quantitative estimate of drug-likeness (QED) is 0.924. The number of aryl methyl sites for hydroxylation is 1. The molecule has 0 amide bonds. The van der Waals surface area contributed by atoms with Gasteiger partial charge in [0.15, 0.2) is 5.13 Å². The van der Waals surface area contributed by atoms with E-state index in [1.807, 2.05) is 0 Å². The summed E-state index contributed by atoms with van der Waals surface area (Å²) in [6.45, 7) is 1.54. The van der Waals surface area contributed by atoms with Crippen LogP contribution in [0.3, 0.4) is 0 Å². The normalized spacial score (nSPS) is 11.5. The van der Waals surface area contributed by atoms with E-state index in [9.17, 15) is 12.8 Å². The molecule has 0 aliphatic heterocycles. The lowest BCUT2D eigenvalue weighted by Crippen LogP contribution is -2.14. The molecule has 0 atom stereocenters. The Morgan fingerprint density at radius 3 is 2.72 bits per heavy atom. The van der Waals surface area contributed by atoms with E-state index in [4.69, 9.17) is 0 Å². The van der Waals surface area contributed by atoms with Crippen LogP contribution < -0.4 is 4.72 Å². The number of hydrogen-bond acceptors (Lipinski definition) is 4. The number of anilines is 1. The van der Waals surface area contributed by atoms with Crippen LogP contribution in [-0.2, 0) is 10.0 Å². The van der Waals surface area contributed by atoms with Crippen LogP contribution in [0.5, 0.6) is 0 Å². The van der Waals surface area contributed by atoms with Crippen LogP contribution >= 0.6 is 27.3 Å². The molecule has 8 heteroatoms. The Bertz CT molecular complexity index is 685. The number of rotatable bonds is 3. The maximum atomic E-state index is 12.9. The molecule has 2 rings (SSSR count). The van der Waals surface area contributed by atoms with Crippen LogP contribution in [-0.4, -0.2) is 13.4 Å². The number of halogens is 2. The summed E-state index contributed by atoms with van der Waals surface area (Å²) >= 11 is 4.35. The number of nitrogens with zero attached hydrogens (tertiary/aromatic N) is 1. The fraction of sp³-hybridized carbons (Fsp3) is 0.100. The molecule has 1 heterocycles. The van der Waals surface area contributed by atoms with Gasteiger partial charge in [-0.15, -0.1) is 0 Å². The van der Waals surface area contributed by atoms with Gasteiger partial charge >= 0.3 is 0 Å².